The minimum absolute atomic E-state index is 0. The molecule has 0 aliphatic rings. The summed E-state index contributed by atoms with van der Waals surface area (Å²) in [5.41, 5.74) is 0. The number of quaternary nitrogens is 1. The van der Waals surface area contributed by atoms with Gasteiger partial charge in [-0.25, -0.2) is 4.84 Å². The molecule has 8 heavy (non-hydrogen) atoms. The van der Waals surface area contributed by atoms with Crippen LogP contribution in [-0.4, -0.2) is 36.8 Å². The van der Waals surface area contributed by atoms with Crippen molar-refractivity contribution in [2.45, 2.75) is 0 Å². The zero-order valence-electron chi connectivity index (χ0n) is 4.80. The van der Waals surface area contributed by atoms with Crippen molar-refractivity contribution in [2.24, 2.45) is 0 Å². The summed E-state index contributed by atoms with van der Waals surface area (Å²) in [4.78, 5) is 4.47. The fraction of sp³-hybridized carbons (Fsp3) is 0.750. The monoisotopic (exact) mass is 133 g/mol. The summed E-state index contributed by atoms with van der Waals surface area (Å²) in [6.07, 6.45) is 1.58. The Bertz CT molecular complexity index is 91.2. The van der Waals surface area contributed by atoms with E-state index in [1.807, 2.05) is 0 Å². The molecule has 0 aliphatic heterocycles. The molecule has 0 saturated heterocycles. The van der Waals surface area contributed by atoms with Crippen LogP contribution < -0.4 is 0 Å². The van der Waals surface area contributed by atoms with Crippen LogP contribution in [0.2, 0.25) is 0 Å². The molecule has 0 N–H and O–H groups in total. The molecule has 0 radical (unpaired) electrons. The molecule has 0 rings (SSSR count). The van der Waals surface area contributed by atoms with Crippen LogP contribution in [-0.2, 0) is 4.84 Å². The second-order valence-corrected chi connectivity index (χ2v) is 2.07. The third kappa shape index (κ3) is 9.08. The number of hydroxylamine groups is 3. The van der Waals surface area contributed by atoms with E-state index < -0.39 is 0 Å². The number of nitriles is 1. The molecule has 0 atom stereocenters. The maximum absolute atomic E-state index is 7.91. The van der Waals surface area contributed by atoms with Crippen molar-refractivity contribution in [3.63, 3.8) is 0 Å². The average Bonchev–Trinajstić information content (AvgIpc) is 1.30. The number of nitrogens with zero attached hydrogens (tertiary/aromatic N) is 2. The van der Waals surface area contributed by atoms with Gasteiger partial charge < -0.3 is 0 Å². The molecule has 48 valence electrons. The van der Waals surface area contributed by atoms with Gasteiger partial charge in [0.2, 0.25) is 0 Å². The molecule has 4 heteroatoms. The van der Waals surface area contributed by atoms with Crippen LogP contribution in [0.15, 0.2) is 0 Å². The highest BCUT2D eigenvalue weighted by atomic mass is 28.1. The van der Waals surface area contributed by atoms with Gasteiger partial charge >= 0.3 is 6.26 Å². The van der Waals surface area contributed by atoms with E-state index in [0.717, 1.165) is 0 Å². The minimum Gasteiger partial charge on any atom is -0.234 e. The summed E-state index contributed by atoms with van der Waals surface area (Å²) in [5.74, 6) is 0. The fourth-order valence-corrected chi connectivity index (χ4v) is 0.122. The molecule has 0 aliphatic carbocycles. The van der Waals surface area contributed by atoms with Crippen molar-refractivity contribution >= 4 is 11.0 Å². The molecule has 0 aromatic heterocycles. The molecule has 0 unspecified atom stereocenters. The standard InChI is InChI=1S/C4H9N2O.H4Si/c1-6(2,3)7-4-5;/h1-3H3;1H4/q+1;. The molecule has 0 bridgehead atoms. The summed E-state index contributed by atoms with van der Waals surface area (Å²) in [6.45, 7) is 0. The van der Waals surface area contributed by atoms with Gasteiger partial charge in [-0.15, -0.1) is 9.91 Å². The van der Waals surface area contributed by atoms with Crippen LogP contribution in [0, 0.1) is 11.5 Å². The van der Waals surface area contributed by atoms with Gasteiger partial charge in [-0.05, 0) is 11.0 Å². The number of hydrogen-bond acceptors (Lipinski definition) is 2. The van der Waals surface area contributed by atoms with E-state index in [1.54, 1.807) is 27.4 Å². The molecule has 3 nitrogen and oxygen atoms in total. The largest absolute Gasteiger partial charge is 0.351 e. The van der Waals surface area contributed by atoms with Gasteiger partial charge in [-0.2, -0.15) is 0 Å². The predicted octanol–water partition coefficient (Wildman–Crippen LogP) is -1.35. The Morgan fingerprint density at radius 3 is 1.75 bits per heavy atom. The van der Waals surface area contributed by atoms with Crippen molar-refractivity contribution in [3.05, 3.63) is 0 Å². The molecule has 0 heterocycles. The third-order valence-corrected chi connectivity index (χ3v) is 0.315. The van der Waals surface area contributed by atoms with E-state index in [1.165, 1.54) is 0 Å². The third-order valence-electron chi connectivity index (χ3n) is 0.315. The molecular weight excluding hydrogens is 120 g/mol. The SMILES string of the molecule is C[N+](C)(C)OC#N.[SiH4]. The average molecular weight is 133 g/mol. The van der Waals surface area contributed by atoms with E-state index in [2.05, 4.69) is 4.84 Å². The lowest BCUT2D eigenvalue weighted by Gasteiger charge is -2.14. The molecule has 0 amide bonds. The maximum Gasteiger partial charge on any atom is 0.351 e. The first kappa shape index (κ1) is 10.4. The van der Waals surface area contributed by atoms with Crippen molar-refractivity contribution in [1.29, 1.82) is 5.26 Å². The van der Waals surface area contributed by atoms with Crippen molar-refractivity contribution in [3.8, 4) is 6.26 Å². The molecule has 0 aromatic carbocycles. The summed E-state index contributed by atoms with van der Waals surface area (Å²) < 4.78 is 0.233. The Balaban J connectivity index is 0. The van der Waals surface area contributed by atoms with E-state index in [4.69, 9.17) is 5.26 Å². The molecule has 0 spiro atoms. The van der Waals surface area contributed by atoms with Gasteiger partial charge in [0.15, 0.2) is 0 Å². The van der Waals surface area contributed by atoms with E-state index in [-0.39, 0.29) is 15.6 Å². The summed E-state index contributed by atoms with van der Waals surface area (Å²) in [6, 6.07) is 0. The normalized spacial score (nSPS) is 8.75. The second-order valence-electron chi connectivity index (χ2n) is 2.07. The highest BCUT2D eigenvalue weighted by molar-refractivity contribution is 5.75. The van der Waals surface area contributed by atoms with Crippen LogP contribution in [0.25, 0.3) is 0 Å². The van der Waals surface area contributed by atoms with Crippen LogP contribution >= 0.6 is 0 Å². The van der Waals surface area contributed by atoms with Gasteiger partial charge in [-0.1, -0.05) is 0 Å². The van der Waals surface area contributed by atoms with Gasteiger partial charge in [0, 0.05) is 0 Å². The van der Waals surface area contributed by atoms with E-state index in [0.29, 0.717) is 0 Å². The Morgan fingerprint density at radius 1 is 1.38 bits per heavy atom. The lowest BCUT2D eigenvalue weighted by Crippen LogP contribution is -2.32. The Labute approximate surface area is 54.0 Å². The summed E-state index contributed by atoms with van der Waals surface area (Å²) >= 11 is 0. The van der Waals surface area contributed by atoms with Crippen molar-refractivity contribution in [2.75, 3.05) is 21.1 Å². The smallest absolute Gasteiger partial charge is 0.234 e. The second kappa shape index (κ2) is 3.47. The zero-order valence-corrected chi connectivity index (χ0v) is 4.80. The van der Waals surface area contributed by atoms with Crippen molar-refractivity contribution < 1.29 is 9.48 Å². The van der Waals surface area contributed by atoms with E-state index in [9.17, 15) is 0 Å². The lowest BCUT2D eigenvalue weighted by molar-refractivity contribution is -1.05. The van der Waals surface area contributed by atoms with Crippen LogP contribution in [0.1, 0.15) is 0 Å². The topological polar surface area (TPSA) is 33.0 Å². The highest BCUT2D eigenvalue weighted by Crippen LogP contribution is 1.86. The summed E-state index contributed by atoms with van der Waals surface area (Å²) in [7, 11) is 5.30. The molecule has 0 saturated carbocycles. The van der Waals surface area contributed by atoms with Crippen molar-refractivity contribution in [1.82, 2.24) is 0 Å². The zero-order chi connectivity index (χ0) is 5.91. The predicted molar refractivity (Wildman–Crippen MR) is 36.1 cm³/mol. The Morgan fingerprint density at radius 2 is 1.75 bits per heavy atom. The first-order chi connectivity index (χ1) is 3.06. The van der Waals surface area contributed by atoms with Gasteiger partial charge in [0.1, 0.15) is 21.1 Å². The number of hydrogen-bond donors (Lipinski definition) is 0. The van der Waals surface area contributed by atoms with Crippen LogP contribution in [0.5, 0.6) is 0 Å². The molecule has 0 fully saturated rings. The lowest BCUT2D eigenvalue weighted by atomic mass is 10.9. The summed E-state index contributed by atoms with van der Waals surface area (Å²) in [5, 5.41) is 7.91. The highest BCUT2D eigenvalue weighted by Gasteiger charge is 2.04. The molecular formula is C4H13N2OSi+. The first-order valence-corrected chi connectivity index (χ1v) is 1.95. The molecule has 0 aromatic rings. The number of rotatable bonds is 1. The Hall–Kier alpha value is -0.533. The first-order valence-electron chi connectivity index (χ1n) is 1.95. The fourth-order valence-electron chi connectivity index (χ4n) is 0.122. The van der Waals surface area contributed by atoms with Gasteiger partial charge in [0.05, 0.1) is 0 Å². The quantitative estimate of drug-likeness (QED) is 0.192. The van der Waals surface area contributed by atoms with E-state index >= 15 is 0 Å². The van der Waals surface area contributed by atoms with Crippen LogP contribution in [0.4, 0.5) is 0 Å². The maximum atomic E-state index is 7.91. The Kier molecular flexibility index (Phi) is 4.53. The van der Waals surface area contributed by atoms with Gasteiger partial charge in [-0.3, -0.25) is 0 Å². The van der Waals surface area contributed by atoms with Crippen LogP contribution in [0.3, 0.4) is 0 Å². The van der Waals surface area contributed by atoms with Gasteiger partial charge in [0.25, 0.3) is 0 Å². The minimum atomic E-state index is 0.